The lowest BCUT2D eigenvalue weighted by Gasteiger charge is -2.29. The van der Waals surface area contributed by atoms with Gasteiger partial charge in [-0.25, -0.2) is 0 Å². The van der Waals surface area contributed by atoms with Gasteiger partial charge in [-0.15, -0.1) is 0 Å². The van der Waals surface area contributed by atoms with Gasteiger partial charge in [0.2, 0.25) is 0 Å². The molecule has 0 aromatic carbocycles. The molecule has 0 saturated heterocycles. The number of rotatable bonds is 1. The van der Waals surface area contributed by atoms with Crippen molar-refractivity contribution in [2.24, 2.45) is 5.41 Å². The second kappa shape index (κ2) is 3.26. The second-order valence-corrected chi connectivity index (χ2v) is 3.69. The SMILES string of the molecule is C/C=C(/C)[C@@]1(C)C=CC(=O)CC1. The molecule has 0 amide bonds. The standard InChI is InChI=1S/C11H16O/c1-4-9(2)11(3)7-5-10(12)6-8-11/h4-5,7H,6,8H2,1-3H3/b9-4-/t11-/m0/s1. The molecular formula is C11H16O. The van der Waals surface area contributed by atoms with Gasteiger partial charge in [0.25, 0.3) is 0 Å². The first-order valence-electron chi connectivity index (χ1n) is 4.44. The molecule has 0 heterocycles. The van der Waals surface area contributed by atoms with E-state index in [0.29, 0.717) is 6.42 Å². The van der Waals surface area contributed by atoms with Gasteiger partial charge in [-0.1, -0.05) is 24.6 Å². The summed E-state index contributed by atoms with van der Waals surface area (Å²) in [6.07, 6.45) is 7.53. The van der Waals surface area contributed by atoms with Crippen molar-refractivity contribution in [2.75, 3.05) is 0 Å². The monoisotopic (exact) mass is 164 g/mol. The second-order valence-electron chi connectivity index (χ2n) is 3.69. The van der Waals surface area contributed by atoms with Crippen LogP contribution in [0.15, 0.2) is 23.8 Å². The van der Waals surface area contributed by atoms with Gasteiger partial charge in [0, 0.05) is 11.8 Å². The fourth-order valence-electron chi connectivity index (χ4n) is 1.48. The topological polar surface area (TPSA) is 17.1 Å². The molecule has 1 aliphatic rings. The molecule has 0 fully saturated rings. The van der Waals surface area contributed by atoms with E-state index in [-0.39, 0.29) is 11.2 Å². The molecule has 0 radical (unpaired) electrons. The molecule has 0 bridgehead atoms. The molecule has 1 atom stereocenters. The van der Waals surface area contributed by atoms with Gasteiger partial charge in [0.1, 0.15) is 0 Å². The van der Waals surface area contributed by atoms with E-state index in [4.69, 9.17) is 0 Å². The average molecular weight is 164 g/mol. The first-order valence-corrected chi connectivity index (χ1v) is 4.44. The van der Waals surface area contributed by atoms with E-state index >= 15 is 0 Å². The summed E-state index contributed by atoms with van der Waals surface area (Å²) < 4.78 is 0. The van der Waals surface area contributed by atoms with Crippen molar-refractivity contribution < 1.29 is 4.79 Å². The van der Waals surface area contributed by atoms with E-state index in [9.17, 15) is 4.79 Å². The maximum absolute atomic E-state index is 11.0. The lowest BCUT2D eigenvalue weighted by atomic mass is 9.75. The van der Waals surface area contributed by atoms with E-state index < -0.39 is 0 Å². The summed E-state index contributed by atoms with van der Waals surface area (Å²) in [5, 5.41) is 0. The molecule has 1 rings (SSSR count). The first-order chi connectivity index (χ1) is 5.58. The Morgan fingerprint density at radius 2 is 2.33 bits per heavy atom. The van der Waals surface area contributed by atoms with Gasteiger partial charge in [0.15, 0.2) is 5.78 Å². The maximum atomic E-state index is 11.0. The van der Waals surface area contributed by atoms with Gasteiger partial charge in [0.05, 0.1) is 0 Å². The average Bonchev–Trinajstić information content (AvgIpc) is 2.09. The maximum Gasteiger partial charge on any atom is 0.155 e. The highest BCUT2D eigenvalue weighted by atomic mass is 16.1. The number of carbonyl (C=O) groups is 1. The van der Waals surface area contributed by atoms with Crippen molar-refractivity contribution >= 4 is 5.78 Å². The Bertz CT molecular complexity index is 248. The lowest BCUT2D eigenvalue weighted by Crippen LogP contribution is -2.20. The molecule has 12 heavy (non-hydrogen) atoms. The van der Waals surface area contributed by atoms with Crippen LogP contribution in [0, 0.1) is 5.41 Å². The zero-order valence-electron chi connectivity index (χ0n) is 8.05. The highest BCUT2D eigenvalue weighted by molar-refractivity contribution is 5.90. The minimum absolute atomic E-state index is 0.128. The third-order valence-corrected chi connectivity index (χ3v) is 2.86. The number of ketones is 1. The Morgan fingerprint density at radius 3 is 2.75 bits per heavy atom. The summed E-state index contributed by atoms with van der Waals surface area (Å²) in [4.78, 5) is 11.0. The molecule has 0 aromatic heterocycles. The predicted molar refractivity (Wildman–Crippen MR) is 50.9 cm³/mol. The zero-order chi connectivity index (χ0) is 9.19. The molecule has 1 nitrogen and oxygen atoms in total. The van der Waals surface area contributed by atoms with Crippen LogP contribution >= 0.6 is 0 Å². The summed E-state index contributed by atoms with van der Waals surface area (Å²) in [6, 6.07) is 0. The number of allylic oxidation sites excluding steroid dienone is 4. The van der Waals surface area contributed by atoms with Crippen LogP contribution in [0.5, 0.6) is 0 Å². The number of hydrogen-bond donors (Lipinski definition) is 0. The van der Waals surface area contributed by atoms with Crippen molar-refractivity contribution in [3.05, 3.63) is 23.8 Å². The van der Waals surface area contributed by atoms with Crippen LogP contribution in [-0.2, 0) is 4.79 Å². The fourth-order valence-corrected chi connectivity index (χ4v) is 1.48. The minimum atomic E-state index is 0.128. The van der Waals surface area contributed by atoms with Crippen LogP contribution in [0.25, 0.3) is 0 Å². The van der Waals surface area contributed by atoms with Crippen LogP contribution < -0.4 is 0 Å². The Balaban J connectivity index is 2.88. The zero-order valence-corrected chi connectivity index (χ0v) is 8.05. The van der Waals surface area contributed by atoms with Crippen molar-refractivity contribution in [2.45, 2.75) is 33.6 Å². The lowest BCUT2D eigenvalue weighted by molar-refractivity contribution is -0.115. The quantitative estimate of drug-likeness (QED) is 0.545. The molecule has 0 unspecified atom stereocenters. The minimum Gasteiger partial charge on any atom is -0.295 e. The summed E-state index contributed by atoms with van der Waals surface area (Å²) in [5.74, 6) is 0.261. The van der Waals surface area contributed by atoms with Gasteiger partial charge in [-0.05, 0) is 26.3 Å². The van der Waals surface area contributed by atoms with E-state index in [1.807, 2.05) is 13.0 Å². The van der Waals surface area contributed by atoms with E-state index in [2.05, 4.69) is 19.9 Å². The molecule has 0 aliphatic heterocycles. The van der Waals surface area contributed by atoms with Crippen LogP contribution in [0.1, 0.15) is 33.6 Å². The third-order valence-electron chi connectivity index (χ3n) is 2.86. The summed E-state index contributed by atoms with van der Waals surface area (Å²) in [6.45, 7) is 6.36. The Labute approximate surface area is 74.2 Å². The van der Waals surface area contributed by atoms with Crippen LogP contribution in [0.2, 0.25) is 0 Å². The number of carbonyl (C=O) groups excluding carboxylic acids is 1. The Hall–Kier alpha value is -0.850. The fraction of sp³-hybridized carbons (Fsp3) is 0.545. The molecular weight excluding hydrogens is 148 g/mol. The summed E-state index contributed by atoms with van der Waals surface area (Å²) in [7, 11) is 0. The molecule has 1 aliphatic carbocycles. The van der Waals surface area contributed by atoms with Gasteiger partial charge < -0.3 is 0 Å². The first kappa shape index (κ1) is 9.24. The molecule has 0 aromatic rings. The van der Waals surface area contributed by atoms with Crippen molar-refractivity contribution in [3.63, 3.8) is 0 Å². The van der Waals surface area contributed by atoms with Crippen molar-refractivity contribution in [1.29, 1.82) is 0 Å². The normalized spacial score (nSPS) is 30.9. The van der Waals surface area contributed by atoms with Crippen molar-refractivity contribution in [3.8, 4) is 0 Å². The third kappa shape index (κ3) is 1.66. The highest BCUT2D eigenvalue weighted by Gasteiger charge is 2.26. The molecule has 0 N–H and O–H groups in total. The largest absolute Gasteiger partial charge is 0.295 e. The number of hydrogen-bond acceptors (Lipinski definition) is 1. The van der Waals surface area contributed by atoms with E-state index in [1.54, 1.807) is 6.08 Å². The van der Waals surface area contributed by atoms with Gasteiger partial charge in [-0.2, -0.15) is 0 Å². The summed E-state index contributed by atoms with van der Waals surface area (Å²) >= 11 is 0. The predicted octanol–water partition coefficient (Wildman–Crippen LogP) is 2.88. The Kier molecular flexibility index (Phi) is 2.51. The van der Waals surface area contributed by atoms with Crippen LogP contribution in [0.4, 0.5) is 0 Å². The highest BCUT2D eigenvalue weighted by Crippen LogP contribution is 2.36. The molecule has 66 valence electrons. The van der Waals surface area contributed by atoms with Crippen LogP contribution in [-0.4, -0.2) is 5.78 Å². The van der Waals surface area contributed by atoms with Gasteiger partial charge in [-0.3, -0.25) is 4.79 Å². The Morgan fingerprint density at radius 1 is 1.67 bits per heavy atom. The van der Waals surface area contributed by atoms with E-state index in [1.165, 1.54) is 5.57 Å². The van der Waals surface area contributed by atoms with Gasteiger partial charge >= 0.3 is 0 Å². The molecule has 1 heteroatoms. The van der Waals surface area contributed by atoms with E-state index in [0.717, 1.165) is 6.42 Å². The molecule has 0 spiro atoms. The van der Waals surface area contributed by atoms with Crippen LogP contribution in [0.3, 0.4) is 0 Å². The smallest absolute Gasteiger partial charge is 0.155 e. The molecule has 0 saturated carbocycles. The summed E-state index contributed by atoms with van der Waals surface area (Å²) in [5.41, 5.74) is 1.48. The van der Waals surface area contributed by atoms with Crippen molar-refractivity contribution in [1.82, 2.24) is 0 Å².